The summed E-state index contributed by atoms with van der Waals surface area (Å²) in [6, 6.07) is 17.4. The van der Waals surface area contributed by atoms with Gasteiger partial charge in [0.1, 0.15) is 0 Å². The summed E-state index contributed by atoms with van der Waals surface area (Å²) in [7, 11) is 0. The summed E-state index contributed by atoms with van der Waals surface area (Å²) in [4.78, 5) is 14.3. The van der Waals surface area contributed by atoms with Crippen LogP contribution in [0.1, 0.15) is 22.6 Å². The fourth-order valence-corrected chi connectivity index (χ4v) is 4.42. The summed E-state index contributed by atoms with van der Waals surface area (Å²) in [6.45, 7) is 0. The summed E-state index contributed by atoms with van der Waals surface area (Å²) < 4.78 is 0. The molecule has 0 unspecified atom stereocenters. The zero-order chi connectivity index (χ0) is 14.0. The third-order valence-corrected chi connectivity index (χ3v) is 5.22. The largest absolute Gasteiger partial charge is 0.301 e. The fourth-order valence-electron chi connectivity index (χ4n) is 4.42. The lowest BCUT2D eigenvalue weighted by Gasteiger charge is -2.40. The molecular formula is C19H15NO. The van der Waals surface area contributed by atoms with Crippen LogP contribution < -0.4 is 4.90 Å². The number of para-hydroxylation sites is 1. The van der Waals surface area contributed by atoms with Crippen molar-refractivity contribution in [2.24, 2.45) is 5.92 Å². The van der Waals surface area contributed by atoms with Crippen LogP contribution in [0.5, 0.6) is 0 Å². The van der Waals surface area contributed by atoms with Crippen molar-refractivity contribution in [1.82, 2.24) is 0 Å². The van der Waals surface area contributed by atoms with Gasteiger partial charge in [-0.15, -0.1) is 0 Å². The van der Waals surface area contributed by atoms with Crippen LogP contribution in [0.4, 0.5) is 5.69 Å². The fraction of sp³-hybridized carbons (Fsp3) is 0.211. The summed E-state index contributed by atoms with van der Waals surface area (Å²) in [5.41, 5.74) is 5.29. The zero-order valence-electron chi connectivity index (χ0n) is 11.6. The minimum Gasteiger partial charge on any atom is -0.301 e. The van der Waals surface area contributed by atoms with E-state index in [4.69, 9.17) is 0 Å². The van der Waals surface area contributed by atoms with Crippen LogP contribution in [0, 0.1) is 5.92 Å². The second-order valence-electron chi connectivity index (χ2n) is 6.16. The third-order valence-electron chi connectivity index (χ3n) is 5.22. The zero-order valence-corrected chi connectivity index (χ0v) is 11.6. The van der Waals surface area contributed by atoms with E-state index in [1.807, 2.05) is 11.0 Å². The van der Waals surface area contributed by atoms with Crippen LogP contribution in [0.2, 0.25) is 0 Å². The van der Waals surface area contributed by atoms with Gasteiger partial charge in [-0.2, -0.15) is 0 Å². The number of benzene rings is 2. The molecule has 2 aromatic rings. The van der Waals surface area contributed by atoms with Gasteiger partial charge in [0.15, 0.2) is 0 Å². The van der Waals surface area contributed by atoms with Crippen molar-refractivity contribution in [3.8, 4) is 0 Å². The molecule has 2 aliphatic heterocycles. The molecule has 0 aromatic heterocycles. The summed E-state index contributed by atoms with van der Waals surface area (Å²) in [6.07, 6.45) is 4.91. The predicted octanol–water partition coefficient (Wildman–Crippen LogP) is 3.28. The van der Waals surface area contributed by atoms with E-state index in [0.717, 1.165) is 12.1 Å². The van der Waals surface area contributed by atoms with E-state index in [2.05, 4.69) is 48.5 Å². The monoisotopic (exact) mass is 273 g/mol. The standard InChI is InChI=1S/C19H15NO/c21-18-10-9-17-15-11-12-5-1-2-6-13(12)19(15)14-7-3-4-8-16(14)20(17)18/h1-10,15,17,19H,11H2/t15-,17+,19+/m1/s1. The van der Waals surface area contributed by atoms with Crippen LogP contribution in [-0.4, -0.2) is 11.9 Å². The number of hydrogen-bond acceptors (Lipinski definition) is 1. The normalized spacial score (nSPS) is 28.1. The molecule has 2 aromatic carbocycles. The Balaban J connectivity index is 1.78. The molecule has 2 heterocycles. The number of anilines is 1. The molecule has 3 atom stereocenters. The Morgan fingerprint density at radius 3 is 2.62 bits per heavy atom. The van der Waals surface area contributed by atoms with Crippen molar-refractivity contribution in [1.29, 1.82) is 0 Å². The van der Waals surface area contributed by atoms with Gasteiger partial charge in [-0.25, -0.2) is 0 Å². The van der Waals surface area contributed by atoms with Crippen LogP contribution in [-0.2, 0) is 11.2 Å². The van der Waals surface area contributed by atoms with Gasteiger partial charge in [0.05, 0.1) is 6.04 Å². The van der Waals surface area contributed by atoms with E-state index >= 15 is 0 Å². The predicted molar refractivity (Wildman–Crippen MR) is 82.3 cm³/mol. The van der Waals surface area contributed by atoms with E-state index in [9.17, 15) is 4.79 Å². The van der Waals surface area contributed by atoms with Crippen molar-refractivity contribution < 1.29 is 4.79 Å². The highest BCUT2D eigenvalue weighted by atomic mass is 16.2. The highest BCUT2D eigenvalue weighted by Crippen LogP contribution is 2.52. The minimum atomic E-state index is 0.127. The van der Waals surface area contributed by atoms with E-state index in [1.165, 1.54) is 16.7 Å². The van der Waals surface area contributed by atoms with Gasteiger partial charge in [0.25, 0.3) is 5.91 Å². The molecule has 1 amide bonds. The summed E-state index contributed by atoms with van der Waals surface area (Å²) >= 11 is 0. The molecular weight excluding hydrogens is 258 g/mol. The molecule has 5 rings (SSSR count). The molecule has 21 heavy (non-hydrogen) atoms. The Kier molecular flexibility index (Phi) is 2.08. The van der Waals surface area contributed by atoms with Crippen molar-refractivity contribution in [2.75, 3.05) is 4.90 Å². The lowest BCUT2D eigenvalue weighted by molar-refractivity contribution is -0.114. The molecule has 1 aliphatic carbocycles. The quantitative estimate of drug-likeness (QED) is 0.721. The average Bonchev–Trinajstić information content (AvgIpc) is 3.09. The van der Waals surface area contributed by atoms with Gasteiger partial charge < -0.3 is 4.90 Å². The van der Waals surface area contributed by atoms with Crippen molar-refractivity contribution >= 4 is 11.6 Å². The molecule has 2 nitrogen and oxygen atoms in total. The molecule has 0 saturated carbocycles. The van der Waals surface area contributed by atoms with Crippen LogP contribution >= 0.6 is 0 Å². The topological polar surface area (TPSA) is 20.3 Å². The Morgan fingerprint density at radius 1 is 0.952 bits per heavy atom. The van der Waals surface area contributed by atoms with Crippen LogP contribution in [0.15, 0.2) is 60.7 Å². The maximum absolute atomic E-state index is 12.3. The molecule has 0 fully saturated rings. The number of rotatable bonds is 0. The Bertz CT molecular complexity index is 792. The van der Waals surface area contributed by atoms with Gasteiger partial charge in [0, 0.05) is 17.7 Å². The number of hydrogen-bond donors (Lipinski definition) is 0. The Labute approximate surface area is 123 Å². The van der Waals surface area contributed by atoms with Gasteiger partial charge in [-0.05, 0) is 35.1 Å². The van der Waals surface area contributed by atoms with E-state index in [0.29, 0.717) is 11.8 Å². The van der Waals surface area contributed by atoms with Gasteiger partial charge in [-0.1, -0.05) is 48.5 Å². The average molecular weight is 273 g/mol. The smallest absolute Gasteiger partial charge is 0.251 e. The SMILES string of the molecule is O=C1C=C[C@H]2[C@H]3Cc4ccccc4[C@H]3c3ccccc3N12. The van der Waals surface area contributed by atoms with Crippen molar-refractivity contribution in [3.63, 3.8) is 0 Å². The number of carbonyl (C=O) groups is 1. The lowest BCUT2D eigenvalue weighted by Crippen LogP contribution is -2.44. The first kappa shape index (κ1) is 11.3. The molecule has 3 aliphatic rings. The first-order valence-corrected chi connectivity index (χ1v) is 7.53. The maximum atomic E-state index is 12.3. The van der Waals surface area contributed by atoms with E-state index in [1.54, 1.807) is 6.08 Å². The van der Waals surface area contributed by atoms with Gasteiger partial charge >= 0.3 is 0 Å². The van der Waals surface area contributed by atoms with Crippen LogP contribution in [0.3, 0.4) is 0 Å². The molecule has 0 spiro atoms. The molecule has 0 N–H and O–H groups in total. The van der Waals surface area contributed by atoms with Gasteiger partial charge in [0.2, 0.25) is 0 Å². The second-order valence-corrected chi connectivity index (χ2v) is 6.16. The van der Waals surface area contributed by atoms with Crippen molar-refractivity contribution in [2.45, 2.75) is 18.4 Å². The molecule has 0 radical (unpaired) electrons. The Morgan fingerprint density at radius 2 is 1.71 bits per heavy atom. The van der Waals surface area contributed by atoms with E-state index in [-0.39, 0.29) is 11.9 Å². The molecule has 0 bridgehead atoms. The Hall–Kier alpha value is -2.35. The number of fused-ring (bicyclic) bond motifs is 8. The third kappa shape index (κ3) is 1.35. The summed E-state index contributed by atoms with van der Waals surface area (Å²) in [5.74, 6) is 1.02. The summed E-state index contributed by atoms with van der Waals surface area (Å²) in [5, 5.41) is 0. The molecule has 0 saturated heterocycles. The van der Waals surface area contributed by atoms with Crippen LogP contribution in [0.25, 0.3) is 0 Å². The number of nitrogens with zero attached hydrogens (tertiary/aromatic N) is 1. The van der Waals surface area contributed by atoms with E-state index < -0.39 is 0 Å². The first-order chi connectivity index (χ1) is 10.3. The first-order valence-electron chi connectivity index (χ1n) is 7.53. The molecule has 102 valence electrons. The second kappa shape index (κ2) is 3.85. The minimum absolute atomic E-state index is 0.127. The highest BCUT2D eigenvalue weighted by Gasteiger charge is 2.47. The molecule has 2 heteroatoms. The van der Waals surface area contributed by atoms with Crippen molar-refractivity contribution in [3.05, 3.63) is 77.4 Å². The number of amides is 1. The highest BCUT2D eigenvalue weighted by molar-refractivity contribution is 6.06. The lowest BCUT2D eigenvalue weighted by atomic mass is 9.77. The maximum Gasteiger partial charge on any atom is 0.251 e. The van der Waals surface area contributed by atoms with Gasteiger partial charge in [-0.3, -0.25) is 4.79 Å². The number of carbonyl (C=O) groups excluding carboxylic acids is 1.